The summed E-state index contributed by atoms with van der Waals surface area (Å²) in [5.41, 5.74) is 0. The largest absolute Gasteiger partial charge is 0.452 e. The smallest absolute Gasteiger partial charge is 0.447 e. The minimum absolute atomic E-state index is 0.0509. The van der Waals surface area contributed by atoms with Crippen molar-refractivity contribution in [2.75, 3.05) is 13.2 Å². The molecule has 9 heteroatoms. The molecule has 36 heavy (non-hydrogen) atoms. The summed E-state index contributed by atoms with van der Waals surface area (Å²) in [5, 5.41) is 9.99. The molecular formula is C27H31N2O5PS. The minimum Gasteiger partial charge on any atom is -0.447 e. The summed E-state index contributed by atoms with van der Waals surface area (Å²) in [6, 6.07) is 32.3. The van der Waals surface area contributed by atoms with Gasteiger partial charge < -0.3 is 9.47 Å². The number of carbonyl (C=O) groups excluding carboxylic acids is 3. The highest BCUT2D eigenvalue weighted by molar-refractivity contribution is 7.96. The summed E-state index contributed by atoms with van der Waals surface area (Å²) in [4.78, 5) is 30.6. The van der Waals surface area contributed by atoms with Crippen LogP contribution in [0.5, 0.6) is 0 Å². The maximum Gasteiger partial charge on any atom is 0.452 e. The molecule has 0 heterocycles. The average molecular weight is 527 g/mol. The van der Waals surface area contributed by atoms with Gasteiger partial charge >= 0.3 is 12.2 Å². The van der Waals surface area contributed by atoms with Crippen molar-refractivity contribution in [1.29, 1.82) is 0 Å². The Kier molecular flexibility index (Phi) is 16.1. The second-order valence-corrected chi connectivity index (χ2v) is 9.41. The highest BCUT2D eigenvalue weighted by Gasteiger charge is 2.15. The zero-order valence-electron chi connectivity index (χ0n) is 20.6. The second-order valence-electron chi connectivity index (χ2n) is 6.69. The van der Waals surface area contributed by atoms with Gasteiger partial charge in [0.25, 0.3) is 0 Å². The molecule has 0 fully saturated rings. The lowest BCUT2D eigenvalue weighted by Crippen LogP contribution is -2.20. The van der Waals surface area contributed by atoms with Crippen molar-refractivity contribution in [3.8, 4) is 0 Å². The van der Waals surface area contributed by atoms with Crippen LogP contribution in [0.25, 0.3) is 0 Å². The van der Waals surface area contributed by atoms with Crippen LogP contribution in [0.4, 0.5) is 9.59 Å². The number of nitrogens with zero attached hydrogens (tertiary/aromatic N) is 2. The minimum atomic E-state index is -0.898. The molecule has 0 spiro atoms. The van der Waals surface area contributed by atoms with Crippen molar-refractivity contribution >= 4 is 53.8 Å². The first kappa shape index (κ1) is 30.7. The van der Waals surface area contributed by atoms with E-state index in [-0.39, 0.29) is 18.3 Å². The van der Waals surface area contributed by atoms with Gasteiger partial charge in [0.2, 0.25) is 0 Å². The van der Waals surface area contributed by atoms with Gasteiger partial charge in [-0.05, 0) is 37.7 Å². The van der Waals surface area contributed by atoms with E-state index in [0.29, 0.717) is 6.42 Å². The first-order valence-electron chi connectivity index (χ1n) is 11.3. The van der Waals surface area contributed by atoms with E-state index < -0.39 is 20.1 Å². The maximum absolute atomic E-state index is 10.5. The summed E-state index contributed by atoms with van der Waals surface area (Å²) in [6.07, 6.45) is -1.26. The van der Waals surface area contributed by atoms with Crippen LogP contribution < -0.4 is 15.9 Å². The molecule has 0 aromatic heterocycles. The lowest BCUT2D eigenvalue weighted by Gasteiger charge is -2.18. The molecule has 3 aromatic carbocycles. The van der Waals surface area contributed by atoms with Crippen molar-refractivity contribution < 1.29 is 23.9 Å². The summed E-state index contributed by atoms with van der Waals surface area (Å²) in [7, 11) is -0.446. The summed E-state index contributed by atoms with van der Waals surface area (Å²) in [5.74, 6) is 0. The third kappa shape index (κ3) is 12.9. The van der Waals surface area contributed by atoms with E-state index in [1.807, 2.05) is 0 Å². The fourth-order valence-electron chi connectivity index (χ4n) is 2.56. The lowest BCUT2D eigenvalue weighted by atomic mass is 10.4. The maximum atomic E-state index is 10.5. The molecule has 0 radical (unpaired) electrons. The first-order valence-corrected chi connectivity index (χ1v) is 13.1. The van der Waals surface area contributed by atoms with Gasteiger partial charge in [0, 0.05) is 6.42 Å². The fourth-order valence-corrected chi connectivity index (χ4v) is 4.87. The molecule has 0 saturated heterocycles. The standard InChI is InChI=1S/C18H15P.C6H10N2O4.C3H6OS/c1-4-10-16(11-5-1)19(17-12-6-2-7-13-17)18-14-8-3-9-15-18;1-3-11-5(9)7-8-6(10)12-4-2;1-2-3(4)5/h1-15H;3-4H2,1-2H3;2H2,1H3,(H,4,5). The normalized spacial score (nSPS) is 9.92. The third-order valence-corrected chi connectivity index (χ3v) is 6.85. The first-order chi connectivity index (χ1) is 17.4. The fraction of sp³-hybridized carbons (Fsp3) is 0.222. The Morgan fingerprint density at radius 2 is 0.917 bits per heavy atom. The number of rotatable bonds is 6. The lowest BCUT2D eigenvalue weighted by molar-refractivity contribution is -0.110. The van der Waals surface area contributed by atoms with Crippen LogP contribution in [-0.4, -0.2) is 30.5 Å². The van der Waals surface area contributed by atoms with Crippen LogP contribution in [0.1, 0.15) is 27.2 Å². The molecule has 0 N–H and O–H groups in total. The number of carbonyl (C=O) groups is 3. The Morgan fingerprint density at radius 1 is 0.639 bits per heavy atom. The molecule has 7 nitrogen and oxygen atoms in total. The molecule has 0 aliphatic heterocycles. The van der Waals surface area contributed by atoms with Gasteiger partial charge in [0.1, 0.15) is 0 Å². The van der Waals surface area contributed by atoms with E-state index in [1.54, 1.807) is 20.8 Å². The van der Waals surface area contributed by atoms with Crippen LogP contribution in [0.2, 0.25) is 0 Å². The van der Waals surface area contributed by atoms with Gasteiger partial charge in [-0.25, -0.2) is 9.59 Å². The Bertz CT molecular complexity index is 953. The summed E-state index contributed by atoms with van der Waals surface area (Å²) < 4.78 is 8.73. The molecule has 3 aromatic rings. The summed E-state index contributed by atoms with van der Waals surface area (Å²) in [6.45, 7) is 5.41. The van der Waals surface area contributed by atoms with E-state index in [1.165, 1.54) is 15.9 Å². The van der Waals surface area contributed by atoms with E-state index in [0.717, 1.165) is 0 Å². The van der Waals surface area contributed by atoms with Crippen molar-refractivity contribution in [3.05, 3.63) is 91.0 Å². The molecule has 0 bridgehead atoms. The Hall–Kier alpha value is -3.35. The van der Waals surface area contributed by atoms with Gasteiger partial charge in [-0.1, -0.05) is 108 Å². The topological polar surface area (TPSA) is 94.4 Å². The van der Waals surface area contributed by atoms with Crippen molar-refractivity contribution in [1.82, 2.24) is 0 Å². The van der Waals surface area contributed by atoms with E-state index in [4.69, 9.17) is 0 Å². The van der Waals surface area contributed by atoms with Gasteiger partial charge in [0.15, 0.2) is 5.12 Å². The van der Waals surface area contributed by atoms with Gasteiger partial charge in [-0.2, -0.15) is 0 Å². The van der Waals surface area contributed by atoms with E-state index >= 15 is 0 Å². The highest BCUT2D eigenvalue weighted by atomic mass is 32.1. The van der Waals surface area contributed by atoms with Crippen molar-refractivity contribution in [3.63, 3.8) is 0 Å². The van der Waals surface area contributed by atoms with Gasteiger partial charge in [-0.3, -0.25) is 4.79 Å². The van der Waals surface area contributed by atoms with Gasteiger partial charge in [-0.15, -0.1) is 12.6 Å². The quantitative estimate of drug-likeness (QED) is 0.240. The van der Waals surface area contributed by atoms with E-state index in [9.17, 15) is 14.4 Å². The molecule has 0 aliphatic carbocycles. The van der Waals surface area contributed by atoms with Crippen molar-refractivity contribution in [2.45, 2.75) is 27.2 Å². The van der Waals surface area contributed by atoms with E-state index in [2.05, 4.69) is 123 Å². The number of benzene rings is 3. The molecule has 0 saturated carbocycles. The molecule has 3 rings (SSSR count). The Balaban J connectivity index is 0.000000328. The highest BCUT2D eigenvalue weighted by Crippen LogP contribution is 2.32. The molecular weight excluding hydrogens is 495 g/mol. The summed E-state index contributed by atoms with van der Waals surface area (Å²) >= 11 is 3.46. The molecule has 0 unspecified atom stereocenters. The number of thiol groups is 1. The van der Waals surface area contributed by atoms with Crippen LogP contribution in [0.15, 0.2) is 101 Å². The predicted molar refractivity (Wildman–Crippen MR) is 148 cm³/mol. The average Bonchev–Trinajstić information content (AvgIpc) is 2.91. The predicted octanol–water partition coefficient (Wildman–Crippen LogP) is 6.05. The Labute approximate surface area is 219 Å². The number of hydrogen-bond acceptors (Lipinski definition) is 5. The zero-order chi connectivity index (χ0) is 26.6. The number of hydrogen-bond donors (Lipinski definition) is 1. The zero-order valence-corrected chi connectivity index (χ0v) is 22.4. The van der Waals surface area contributed by atoms with Crippen LogP contribution in [-0.2, 0) is 14.3 Å². The number of ether oxygens (including phenoxy) is 2. The third-order valence-electron chi connectivity index (χ3n) is 4.09. The molecule has 190 valence electrons. The molecule has 2 amide bonds. The van der Waals surface area contributed by atoms with Crippen LogP contribution >= 0.6 is 20.6 Å². The molecule has 0 atom stereocenters. The van der Waals surface area contributed by atoms with Gasteiger partial charge in [0.05, 0.1) is 13.2 Å². The molecule has 0 aliphatic rings. The van der Waals surface area contributed by atoms with Crippen molar-refractivity contribution in [2.24, 2.45) is 10.2 Å². The second kappa shape index (κ2) is 18.9. The monoisotopic (exact) mass is 526 g/mol. The van der Waals surface area contributed by atoms with Crippen LogP contribution in [0.3, 0.4) is 0 Å². The number of amides is 2. The Morgan fingerprint density at radius 3 is 1.14 bits per heavy atom. The SMILES string of the molecule is CCC(=O)S.CCOC(=O)N=NC(=O)OCC.c1ccc(P(c2ccccc2)c2ccccc2)cc1. The number of azo groups is 1. The van der Waals surface area contributed by atoms with Crippen LogP contribution in [0, 0.1) is 0 Å².